The molecule has 1 N–H and O–H groups in total. The molecule has 0 saturated carbocycles. The van der Waals surface area contributed by atoms with Crippen molar-refractivity contribution in [3.63, 3.8) is 0 Å². The molecule has 288 valence electrons. The lowest BCUT2D eigenvalue weighted by atomic mass is 9.91. The maximum absolute atomic E-state index is 12.6. The molecule has 2 unspecified atom stereocenters. The Hall–Kier alpha value is -5.03. The molecule has 3 aromatic carbocycles. The molecule has 1 aliphatic rings. The van der Waals surface area contributed by atoms with Crippen LogP contribution in [0.1, 0.15) is 75.8 Å². The number of hydrogen-bond donors (Lipinski definition) is 1. The monoisotopic (exact) mass is 769 g/mol. The van der Waals surface area contributed by atoms with E-state index in [-0.39, 0.29) is 55.9 Å². The Morgan fingerprint density at radius 1 is 0.868 bits per heavy atom. The lowest BCUT2D eigenvalue weighted by molar-refractivity contribution is -0.161. The van der Waals surface area contributed by atoms with Crippen molar-refractivity contribution in [1.29, 1.82) is 0 Å². The number of aryl methyl sites for hydroxylation is 1. The summed E-state index contributed by atoms with van der Waals surface area (Å²) in [5.41, 5.74) is -4.40. The van der Waals surface area contributed by atoms with Crippen LogP contribution in [0.15, 0.2) is 72.8 Å². The molecule has 0 radical (unpaired) electrons. The Kier molecular flexibility index (Phi) is 14.5. The van der Waals surface area contributed by atoms with E-state index in [1.165, 1.54) is 49.9 Å². The molecule has 1 aliphatic heterocycles. The Labute approximate surface area is 303 Å². The highest BCUT2D eigenvalue weighted by molar-refractivity contribution is 7.88. The molecule has 17 heteroatoms. The van der Waals surface area contributed by atoms with Crippen molar-refractivity contribution in [2.75, 3.05) is 18.1 Å². The zero-order valence-electron chi connectivity index (χ0n) is 29.2. The van der Waals surface area contributed by atoms with Crippen LogP contribution in [-0.2, 0) is 49.9 Å². The van der Waals surface area contributed by atoms with Gasteiger partial charge in [0.25, 0.3) is 0 Å². The average Bonchev–Trinajstić information content (AvgIpc) is 3.08. The van der Waals surface area contributed by atoms with Gasteiger partial charge in [0.05, 0.1) is 12.5 Å². The van der Waals surface area contributed by atoms with Gasteiger partial charge >= 0.3 is 33.5 Å². The molecule has 0 aliphatic carbocycles. The third-order valence-electron chi connectivity index (χ3n) is 7.81. The Bertz CT molecular complexity index is 1810. The number of aliphatic hydroxyl groups is 1. The van der Waals surface area contributed by atoms with Gasteiger partial charge in [-0.3, -0.25) is 19.2 Å². The van der Waals surface area contributed by atoms with Crippen molar-refractivity contribution in [3.8, 4) is 5.75 Å². The van der Waals surface area contributed by atoms with Gasteiger partial charge in [0.1, 0.15) is 36.5 Å². The maximum Gasteiger partial charge on any atom is 0.534 e. The highest BCUT2D eigenvalue weighted by Gasteiger charge is 2.48. The summed E-state index contributed by atoms with van der Waals surface area (Å²) in [4.78, 5) is 46.8. The second-order valence-electron chi connectivity index (χ2n) is 12.0. The fraction of sp³-hybridized carbons (Fsp3) is 0.389. The van der Waals surface area contributed by atoms with Gasteiger partial charge in [0, 0.05) is 26.5 Å². The number of carbonyl (C=O) groups excluding carboxylic acids is 4. The lowest BCUT2D eigenvalue weighted by Gasteiger charge is -2.41. The predicted molar refractivity (Wildman–Crippen MR) is 181 cm³/mol. The summed E-state index contributed by atoms with van der Waals surface area (Å²) in [6.07, 6.45) is 1.08. The predicted octanol–water partition coefficient (Wildman–Crippen LogP) is 6.02. The number of halogens is 4. The van der Waals surface area contributed by atoms with E-state index in [1.807, 2.05) is 6.92 Å². The average molecular weight is 770 g/mol. The summed E-state index contributed by atoms with van der Waals surface area (Å²) in [7, 11) is -5.81. The summed E-state index contributed by atoms with van der Waals surface area (Å²) in [6.45, 7) is 4.97. The first-order chi connectivity index (χ1) is 24.7. The quantitative estimate of drug-likeness (QED) is 0.0510. The van der Waals surface area contributed by atoms with Gasteiger partial charge in [-0.05, 0) is 72.4 Å². The fourth-order valence-electron chi connectivity index (χ4n) is 5.05. The molecule has 12 nitrogen and oxygen atoms in total. The number of anilines is 1. The number of amides is 1. The topological polar surface area (TPSA) is 163 Å². The van der Waals surface area contributed by atoms with Crippen LogP contribution in [0, 0.1) is 5.82 Å². The van der Waals surface area contributed by atoms with E-state index in [0.29, 0.717) is 18.5 Å². The van der Waals surface area contributed by atoms with Crippen molar-refractivity contribution < 1.29 is 68.7 Å². The minimum absolute atomic E-state index is 0.124. The van der Waals surface area contributed by atoms with Crippen molar-refractivity contribution in [1.82, 2.24) is 0 Å². The number of β-lactam (4-membered cyclic amide) rings is 1. The standard InChI is InChI=1S/C25H26F3NO9S.C11H13FO2/c1-16(30)36-14-24(33,15-37-17(2)31)12-11-18-3-5-19(6-4-18)22-13-23(32)29(22)20-7-9-21(10-8-20)38-39(34,35)25(26,27)28;1-3-11(14-8(2)13)9-4-6-10(12)7-5-9/h3-10,22,33H,11-15H2,1-2H3;4-7,11H,3H2,1-2H3. The third-order valence-corrected chi connectivity index (χ3v) is 8.78. The zero-order chi connectivity index (χ0) is 39.6. The first-order valence-electron chi connectivity index (χ1n) is 16.2. The first-order valence-corrected chi connectivity index (χ1v) is 17.6. The fourth-order valence-corrected chi connectivity index (χ4v) is 5.51. The van der Waals surface area contributed by atoms with E-state index < -0.39 is 38.9 Å². The maximum atomic E-state index is 12.6. The van der Waals surface area contributed by atoms with Crippen molar-refractivity contribution >= 4 is 39.6 Å². The zero-order valence-corrected chi connectivity index (χ0v) is 30.0. The molecular weight excluding hydrogens is 730 g/mol. The number of rotatable bonds is 14. The van der Waals surface area contributed by atoms with Crippen LogP contribution in [0.2, 0.25) is 0 Å². The van der Waals surface area contributed by atoms with Crippen LogP contribution in [0.25, 0.3) is 0 Å². The molecule has 3 aromatic rings. The normalized spacial score (nSPS) is 14.9. The second-order valence-corrected chi connectivity index (χ2v) is 13.6. The molecule has 1 heterocycles. The number of carbonyl (C=O) groups is 4. The molecule has 53 heavy (non-hydrogen) atoms. The van der Waals surface area contributed by atoms with Crippen molar-refractivity contribution in [2.24, 2.45) is 0 Å². The first kappa shape index (κ1) is 42.4. The Morgan fingerprint density at radius 2 is 1.42 bits per heavy atom. The van der Waals surface area contributed by atoms with Crippen LogP contribution < -0.4 is 9.08 Å². The van der Waals surface area contributed by atoms with Crippen LogP contribution in [-0.4, -0.2) is 61.7 Å². The van der Waals surface area contributed by atoms with E-state index in [1.54, 1.807) is 36.4 Å². The van der Waals surface area contributed by atoms with Crippen LogP contribution in [0.3, 0.4) is 0 Å². The minimum Gasteiger partial charge on any atom is -0.463 e. The number of benzene rings is 3. The third kappa shape index (κ3) is 12.6. The van der Waals surface area contributed by atoms with Gasteiger partial charge in [-0.1, -0.05) is 43.3 Å². The lowest BCUT2D eigenvalue weighted by Crippen LogP contribution is -2.46. The van der Waals surface area contributed by atoms with Gasteiger partial charge in [-0.15, -0.1) is 0 Å². The molecule has 0 bridgehead atoms. The van der Waals surface area contributed by atoms with Crippen molar-refractivity contribution in [3.05, 3.63) is 95.3 Å². The van der Waals surface area contributed by atoms with Gasteiger partial charge < -0.3 is 28.4 Å². The molecule has 0 aromatic heterocycles. The molecule has 1 saturated heterocycles. The van der Waals surface area contributed by atoms with E-state index in [4.69, 9.17) is 14.2 Å². The number of hydrogen-bond acceptors (Lipinski definition) is 11. The minimum atomic E-state index is -5.81. The van der Waals surface area contributed by atoms with Gasteiger partial charge in [0.15, 0.2) is 0 Å². The van der Waals surface area contributed by atoms with Crippen LogP contribution in [0.4, 0.5) is 23.2 Å². The largest absolute Gasteiger partial charge is 0.534 e. The number of ether oxygens (including phenoxy) is 3. The van der Waals surface area contributed by atoms with Crippen LogP contribution >= 0.6 is 0 Å². The summed E-state index contributed by atoms with van der Waals surface area (Å²) >= 11 is 0. The smallest absolute Gasteiger partial charge is 0.463 e. The summed E-state index contributed by atoms with van der Waals surface area (Å²) in [5, 5.41) is 10.8. The second kappa shape index (κ2) is 18.1. The highest BCUT2D eigenvalue weighted by atomic mass is 32.2. The highest BCUT2D eigenvalue weighted by Crippen LogP contribution is 2.40. The molecule has 2 atom stereocenters. The van der Waals surface area contributed by atoms with Gasteiger partial charge in [-0.2, -0.15) is 21.6 Å². The summed E-state index contributed by atoms with van der Waals surface area (Å²) in [5.74, 6) is -2.57. The summed E-state index contributed by atoms with van der Waals surface area (Å²) < 4.78 is 91.5. The van der Waals surface area contributed by atoms with Crippen LogP contribution in [0.5, 0.6) is 5.75 Å². The number of alkyl halides is 3. The molecule has 4 rings (SSSR count). The van der Waals surface area contributed by atoms with E-state index >= 15 is 0 Å². The molecule has 0 spiro atoms. The van der Waals surface area contributed by atoms with E-state index in [9.17, 15) is 50.3 Å². The van der Waals surface area contributed by atoms with E-state index in [2.05, 4.69) is 4.18 Å². The molecule has 1 amide bonds. The van der Waals surface area contributed by atoms with Crippen molar-refractivity contribution in [2.45, 2.75) is 76.6 Å². The number of nitrogens with zero attached hydrogens (tertiary/aromatic N) is 1. The Morgan fingerprint density at radius 3 is 1.87 bits per heavy atom. The Balaban J connectivity index is 0.000000452. The molecule has 1 fully saturated rings. The van der Waals surface area contributed by atoms with Gasteiger partial charge in [0.2, 0.25) is 5.91 Å². The SMILES string of the molecule is CC(=O)OCC(O)(CCc1ccc(C2CC(=O)N2c2ccc(OS(=O)(=O)C(F)(F)F)cc2)cc1)COC(C)=O.CCC(OC(C)=O)c1ccc(F)cc1. The summed E-state index contributed by atoms with van der Waals surface area (Å²) in [6, 6.07) is 17.4. The van der Waals surface area contributed by atoms with E-state index in [0.717, 1.165) is 28.8 Å². The number of esters is 3. The van der Waals surface area contributed by atoms with Gasteiger partial charge in [-0.25, -0.2) is 4.39 Å². The molecular formula is C36H39F4NO11S.